The molecule has 0 bridgehead atoms. The maximum absolute atomic E-state index is 5.68. The largest absolute Gasteiger partial charge is 0.384 e. The van der Waals surface area contributed by atoms with Crippen LogP contribution in [0.15, 0.2) is 0 Å². The Morgan fingerprint density at radius 3 is 2.67 bits per heavy atom. The number of ether oxygens (including phenoxy) is 2. The van der Waals surface area contributed by atoms with Crippen molar-refractivity contribution in [2.24, 2.45) is 5.41 Å². The fourth-order valence-corrected chi connectivity index (χ4v) is 3.56. The van der Waals surface area contributed by atoms with Crippen molar-refractivity contribution >= 4 is 0 Å². The van der Waals surface area contributed by atoms with Crippen molar-refractivity contribution in [2.45, 2.75) is 38.3 Å². The zero-order chi connectivity index (χ0) is 13.0. The fourth-order valence-electron chi connectivity index (χ4n) is 3.56. The Bertz CT molecular complexity index is 249. The molecule has 1 N–H and O–H groups in total. The summed E-state index contributed by atoms with van der Waals surface area (Å²) in [5, 5.41) is 3.45. The van der Waals surface area contributed by atoms with E-state index >= 15 is 0 Å². The SMILES string of the molecule is COCC1(CN(C)C2CCOC2C)CCNCC1. The van der Waals surface area contributed by atoms with Crippen molar-refractivity contribution in [1.29, 1.82) is 0 Å². The molecule has 0 spiro atoms. The molecule has 0 aromatic heterocycles. The molecule has 4 heteroatoms. The second-order valence-corrected chi connectivity index (χ2v) is 6.03. The van der Waals surface area contributed by atoms with Gasteiger partial charge >= 0.3 is 0 Å². The van der Waals surface area contributed by atoms with Gasteiger partial charge in [-0.2, -0.15) is 0 Å². The maximum Gasteiger partial charge on any atom is 0.0702 e. The van der Waals surface area contributed by atoms with Crippen LogP contribution in [0.2, 0.25) is 0 Å². The third kappa shape index (κ3) is 3.23. The second-order valence-electron chi connectivity index (χ2n) is 6.03. The van der Waals surface area contributed by atoms with Crippen molar-refractivity contribution in [3.63, 3.8) is 0 Å². The summed E-state index contributed by atoms with van der Waals surface area (Å²) in [5.41, 5.74) is 0.330. The number of nitrogens with one attached hydrogen (secondary N) is 1. The lowest BCUT2D eigenvalue weighted by Gasteiger charge is -2.42. The van der Waals surface area contributed by atoms with Crippen LogP contribution < -0.4 is 5.32 Å². The lowest BCUT2D eigenvalue weighted by Crippen LogP contribution is -2.49. The molecule has 2 saturated heterocycles. The Morgan fingerprint density at radius 2 is 2.11 bits per heavy atom. The molecule has 2 fully saturated rings. The average Bonchev–Trinajstić information content (AvgIpc) is 2.77. The Kier molecular flexibility index (Phi) is 5.01. The molecule has 0 radical (unpaired) electrons. The molecule has 2 atom stereocenters. The summed E-state index contributed by atoms with van der Waals surface area (Å²) in [5.74, 6) is 0. The van der Waals surface area contributed by atoms with Gasteiger partial charge in [0.25, 0.3) is 0 Å². The number of piperidine rings is 1. The highest BCUT2D eigenvalue weighted by Crippen LogP contribution is 2.32. The van der Waals surface area contributed by atoms with Gasteiger partial charge in [-0.25, -0.2) is 0 Å². The van der Waals surface area contributed by atoms with Gasteiger partial charge in [0.15, 0.2) is 0 Å². The Balaban J connectivity index is 1.95. The number of hydrogen-bond donors (Lipinski definition) is 1. The van der Waals surface area contributed by atoms with Gasteiger partial charge in [-0.15, -0.1) is 0 Å². The Hall–Kier alpha value is -0.160. The minimum absolute atomic E-state index is 0.330. The number of hydrogen-bond acceptors (Lipinski definition) is 4. The highest BCUT2D eigenvalue weighted by atomic mass is 16.5. The first-order chi connectivity index (χ1) is 8.67. The molecule has 0 aromatic carbocycles. The predicted molar refractivity (Wildman–Crippen MR) is 72.9 cm³/mol. The lowest BCUT2D eigenvalue weighted by atomic mass is 9.79. The summed E-state index contributed by atoms with van der Waals surface area (Å²) in [7, 11) is 4.07. The quantitative estimate of drug-likeness (QED) is 0.799. The van der Waals surface area contributed by atoms with Crippen LogP contribution in [0.3, 0.4) is 0 Å². The number of nitrogens with zero attached hydrogens (tertiary/aromatic N) is 1. The van der Waals surface area contributed by atoms with E-state index in [0.29, 0.717) is 17.6 Å². The van der Waals surface area contributed by atoms with Gasteiger partial charge in [-0.1, -0.05) is 0 Å². The summed E-state index contributed by atoms with van der Waals surface area (Å²) in [6.45, 7) is 7.35. The van der Waals surface area contributed by atoms with Gasteiger partial charge in [0.1, 0.15) is 0 Å². The van der Waals surface area contributed by atoms with Crippen molar-refractivity contribution < 1.29 is 9.47 Å². The zero-order valence-electron chi connectivity index (χ0n) is 12.1. The maximum atomic E-state index is 5.68. The van der Waals surface area contributed by atoms with Gasteiger partial charge < -0.3 is 19.7 Å². The topological polar surface area (TPSA) is 33.7 Å². The normalized spacial score (nSPS) is 32.0. The van der Waals surface area contributed by atoms with E-state index in [1.54, 1.807) is 0 Å². The molecule has 106 valence electrons. The van der Waals surface area contributed by atoms with Crippen LogP contribution in [0, 0.1) is 5.41 Å². The van der Waals surface area contributed by atoms with Crippen LogP contribution in [0.5, 0.6) is 0 Å². The van der Waals surface area contributed by atoms with E-state index in [9.17, 15) is 0 Å². The van der Waals surface area contributed by atoms with Gasteiger partial charge in [-0.05, 0) is 46.3 Å². The minimum Gasteiger partial charge on any atom is -0.384 e. The smallest absolute Gasteiger partial charge is 0.0702 e. The number of likely N-dealkylation sites (N-methyl/N-ethyl adjacent to an activating group) is 1. The Labute approximate surface area is 111 Å². The minimum atomic E-state index is 0.330. The molecule has 2 rings (SSSR count). The summed E-state index contributed by atoms with van der Waals surface area (Å²) >= 11 is 0. The van der Waals surface area contributed by atoms with Gasteiger partial charge in [0.2, 0.25) is 0 Å². The molecule has 2 heterocycles. The highest BCUT2D eigenvalue weighted by molar-refractivity contribution is 4.90. The molecular weight excluding hydrogens is 228 g/mol. The van der Waals surface area contributed by atoms with Crippen LogP contribution in [0.25, 0.3) is 0 Å². The molecule has 4 nitrogen and oxygen atoms in total. The summed E-state index contributed by atoms with van der Waals surface area (Å²) < 4.78 is 11.2. The van der Waals surface area contributed by atoms with E-state index in [1.165, 1.54) is 19.3 Å². The first-order valence-electron chi connectivity index (χ1n) is 7.18. The molecule has 0 aromatic rings. The molecule has 2 unspecified atom stereocenters. The molecule has 2 aliphatic heterocycles. The van der Waals surface area contributed by atoms with E-state index in [4.69, 9.17) is 9.47 Å². The lowest BCUT2D eigenvalue weighted by molar-refractivity contribution is 0.00709. The summed E-state index contributed by atoms with van der Waals surface area (Å²) in [6, 6.07) is 0.577. The standard InChI is InChI=1S/C14H28N2O2/c1-12-13(4-9-18-12)16(2)10-14(11-17-3)5-7-15-8-6-14/h12-13,15H,4-11H2,1-3H3. The van der Waals surface area contributed by atoms with E-state index in [-0.39, 0.29) is 0 Å². The van der Waals surface area contributed by atoms with Crippen LogP contribution in [-0.2, 0) is 9.47 Å². The third-order valence-electron chi connectivity index (χ3n) is 4.60. The highest BCUT2D eigenvalue weighted by Gasteiger charge is 2.37. The molecule has 2 aliphatic rings. The monoisotopic (exact) mass is 256 g/mol. The van der Waals surface area contributed by atoms with Crippen LogP contribution >= 0.6 is 0 Å². The van der Waals surface area contributed by atoms with Crippen LogP contribution in [0.4, 0.5) is 0 Å². The second kappa shape index (κ2) is 6.33. The predicted octanol–water partition coefficient (Wildman–Crippen LogP) is 1.11. The third-order valence-corrected chi connectivity index (χ3v) is 4.60. The summed E-state index contributed by atoms with van der Waals surface area (Å²) in [6.07, 6.45) is 3.97. The van der Waals surface area contributed by atoms with E-state index in [2.05, 4.69) is 24.2 Å². The Morgan fingerprint density at radius 1 is 1.39 bits per heavy atom. The van der Waals surface area contributed by atoms with Gasteiger partial charge in [-0.3, -0.25) is 0 Å². The number of methoxy groups -OCH3 is 1. The van der Waals surface area contributed by atoms with E-state index in [0.717, 1.165) is 32.8 Å². The van der Waals surface area contributed by atoms with E-state index < -0.39 is 0 Å². The first kappa shape index (κ1) is 14.3. The molecular formula is C14H28N2O2. The van der Waals surface area contributed by atoms with Crippen LogP contribution in [0.1, 0.15) is 26.2 Å². The van der Waals surface area contributed by atoms with Crippen molar-refractivity contribution in [3.05, 3.63) is 0 Å². The van der Waals surface area contributed by atoms with Crippen molar-refractivity contribution in [2.75, 3.05) is 47.0 Å². The molecule has 0 aliphatic carbocycles. The molecule has 0 amide bonds. The van der Waals surface area contributed by atoms with Gasteiger partial charge in [0, 0.05) is 31.7 Å². The molecule has 18 heavy (non-hydrogen) atoms. The van der Waals surface area contributed by atoms with Crippen molar-refractivity contribution in [3.8, 4) is 0 Å². The fraction of sp³-hybridized carbons (Fsp3) is 1.00. The first-order valence-corrected chi connectivity index (χ1v) is 7.18. The molecule has 0 saturated carbocycles. The van der Waals surface area contributed by atoms with Gasteiger partial charge in [0.05, 0.1) is 12.7 Å². The average molecular weight is 256 g/mol. The summed E-state index contributed by atoms with van der Waals surface area (Å²) in [4.78, 5) is 2.50. The van der Waals surface area contributed by atoms with Crippen LogP contribution in [-0.4, -0.2) is 64.1 Å². The zero-order valence-corrected chi connectivity index (χ0v) is 12.1. The van der Waals surface area contributed by atoms with Crippen molar-refractivity contribution in [1.82, 2.24) is 10.2 Å². The number of rotatable bonds is 5. The van der Waals surface area contributed by atoms with E-state index in [1.807, 2.05) is 7.11 Å².